The topological polar surface area (TPSA) is 84.5 Å². The fraction of sp³-hybridized carbons (Fsp3) is 0.550. The molecule has 4 unspecified atom stereocenters. The Bertz CT molecular complexity index is 686. The summed E-state index contributed by atoms with van der Waals surface area (Å²) in [5, 5.41) is 5.41. The van der Waals surface area contributed by atoms with Gasteiger partial charge in [0.25, 0.3) is 0 Å². The minimum Gasteiger partial charge on any atom is -0.462 e. The zero-order valence-corrected chi connectivity index (χ0v) is 15.3. The molecule has 4 atom stereocenters. The van der Waals surface area contributed by atoms with Crippen molar-refractivity contribution in [3.05, 3.63) is 29.8 Å². The maximum atomic E-state index is 12.2. The Morgan fingerprint density at radius 1 is 1.12 bits per heavy atom. The molecule has 3 rings (SSSR count). The van der Waals surface area contributed by atoms with Gasteiger partial charge in [-0.05, 0) is 75.1 Å². The molecule has 0 heterocycles. The SMILES string of the molecule is CCOC(=O)c1ccc(NC(=O)C(=O)NC(C)C2CC3CCC2C3)cc1. The number of esters is 1. The first kappa shape index (κ1) is 18.4. The highest BCUT2D eigenvalue weighted by Crippen LogP contribution is 2.49. The molecule has 6 heteroatoms. The Balaban J connectivity index is 1.51. The summed E-state index contributed by atoms with van der Waals surface area (Å²) in [6.07, 6.45) is 4.98. The predicted molar refractivity (Wildman–Crippen MR) is 97.6 cm³/mol. The average molecular weight is 358 g/mol. The number of ether oxygens (including phenoxy) is 1. The van der Waals surface area contributed by atoms with Gasteiger partial charge in [0.2, 0.25) is 0 Å². The lowest BCUT2D eigenvalue weighted by molar-refractivity contribution is -0.136. The van der Waals surface area contributed by atoms with Gasteiger partial charge in [-0.25, -0.2) is 4.79 Å². The van der Waals surface area contributed by atoms with Crippen LogP contribution in [-0.2, 0) is 14.3 Å². The lowest BCUT2D eigenvalue weighted by Gasteiger charge is -2.28. The molecular weight excluding hydrogens is 332 g/mol. The maximum Gasteiger partial charge on any atom is 0.338 e. The molecule has 0 aromatic heterocycles. The van der Waals surface area contributed by atoms with Crippen LogP contribution in [0.1, 0.15) is 49.9 Å². The van der Waals surface area contributed by atoms with E-state index in [9.17, 15) is 14.4 Å². The molecule has 140 valence electrons. The van der Waals surface area contributed by atoms with E-state index in [0.717, 1.165) is 12.3 Å². The van der Waals surface area contributed by atoms with E-state index in [1.807, 2.05) is 6.92 Å². The number of benzene rings is 1. The molecule has 1 aromatic rings. The minimum atomic E-state index is -0.691. The molecule has 2 saturated carbocycles. The second-order valence-electron chi connectivity index (χ2n) is 7.35. The number of nitrogens with one attached hydrogen (secondary N) is 2. The molecule has 0 radical (unpaired) electrons. The molecule has 2 aliphatic rings. The molecule has 0 aliphatic heterocycles. The van der Waals surface area contributed by atoms with Crippen LogP contribution in [0.25, 0.3) is 0 Å². The van der Waals surface area contributed by atoms with Crippen LogP contribution in [-0.4, -0.2) is 30.4 Å². The van der Waals surface area contributed by atoms with E-state index in [1.165, 1.54) is 19.3 Å². The standard InChI is InChI=1S/C20H26N2O4/c1-3-26-20(25)14-6-8-16(9-7-14)22-19(24)18(23)21-12(2)17-11-13-4-5-15(17)10-13/h6-9,12-13,15,17H,3-5,10-11H2,1-2H3,(H,21,23)(H,22,24). The van der Waals surface area contributed by atoms with E-state index >= 15 is 0 Å². The summed E-state index contributed by atoms with van der Waals surface area (Å²) in [5.74, 6) is 0.251. The molecular formula is C20H26N2O4. The highest BCUT2D eigenvalue weighted by atomic mass is 16.5. The second kappa shape index (κ2) is 7.89. The van der Waals surface area contributed by atoms with Crippen molar-refractivity contribution in [1.82, 2.24) is 5.32 Å². The summed E-state index contributed by atoms with van der Waals surface area (Å²) < 4.78 is 4.91. The Kier molecular flexibility index (Phi) is 5.59. The number of amides is 2. The van der Waals surface area contributed by atoms with Crippen molar-refractivity contribution in [2.45, 2.75) is 45.6 Å². The van der Waals surface area contributed by atoms with E-state index in [-0.39, 0.29) is 6.04 Å². The first-order valence-corrected chi connectivity index (χ1v) is 9.37. The number of fused-ring (bicyclic) bond motifs is 2. The smallest absolute Gasteiger partial charge is 0.338 e. The lowest BCUT2D eigenvalue weighted by atomic mass is 9.84. The fourth-order valence-corrected chi connectivity index (χ4v) is 4.38. The van der Waals surface area contributed by atoms with E-state index in [2.05, 4.69) is 10.6 Å². The van der Waals surface area contributed by atoms with Gasteiger partial charge in [0.15, 0.2) is 0 Å². The molecule has 2 fully saturated rings. The number of carbonyl (C=O) groups excluding carboxylic acids is 3. The molecule has 2 bridgehead atoms. The maximum absolute atomic E-state index is 12.2. The van der Waals surface area contributed by atoms with Gasteiger partial charge in [-0.2, -0.15) is 0 Å². The van der Waals surface area contributed by atoms with Crippen LogP contribution in [0.5, 0.6) is 0 Å². The summed E-state index contributed by atoms with van der Waals surface area (Å²) in [4.78, 5) is 35.9. The van der Waals surface area contributed by atoms with Crippen LogP contribution in [0.2, 0.25) is 0 Å². The molecule has 2 N–H and O–H groups in total. The number of carbonyl (C=O) groups is 3. The zero-order valence-electron chi connectivity index (χ0n) is 15.3. The largest absolute Gasteiger partial charge is 0.462 e. The van der Waals surface area contributed by atoms with Crippen LogP contribution in [0, 0.1) is 17.8 Å². The van der Waals surface area contributed by atoms with Gasteiger partial charge in [0.05, 0.1) is 12.2 Å². The summed E-state index contributed by atoms with van der Waals surface area (Å²) in [7, 11) is 0. The van der Waals surface area contributed by atoms with Crippen LogP contribution in [0.4, 0.5) is 5.69 Å². The van der Waals surface area contributed by atoms with Crippen molar-refractivity contribution in [3.63, 3.8) is 0 Å². The molecule has 0 saturated heterocycles. The Labute approximate surface area is 153 Å². The van der Waals surface area contributed by atoms with E-state index in [4.69, 9.17) is 4.74 Å². The summed E-state index contributed by atoms with van der Waals surface area (Å²) in [5.41, 5.74) is 0.866. The van der Waals surface area contributed by atoms with E-state index in [1.54, 1.807) is 31.2 Å². The van der Waals surface area contributed by atoms with Crippen molar-refractivity contribution >= 4 is 23.5 Å². The van der Waals surface area contributed by atoms with E-state index < -0.39 is 17.8 Å². The van der Waals surface area contributed by atoms with Gasteiger partial charge in [-0.15, -0.1) is 0 Å². The van der Waals surface area contributed by atoms with Crippen molar-refractivity contribution in [2.75, 3.05) is 11.9 Å². The van der Waals surface area contributed by atoms with Crippen LogP contribution in [0.15, 0.2) is 24.3 Å². The fourth-order valence-electron chi connectivity index (χ4n) is 4.38. The monoisotopic (exact) mass is 358 g/mol. The molecule has 0 spiro atoms. The van der Waals surface area contributed by atoms with Crippen molar-refractivity contribution < 1.29 is 19.1 Å². The van der Waals surface area contributed by atoms with Crippen molar-refractivity contribution in [1.29, 1.82) is 0 Å². The second-order valence-corrected chi connectivity index (χ2v) is 7.35. The van der Waals surface area contributed by atoms with Gasteiger partial charge in [-0.3, -0.25) is 9.59 Å². The Morgan fingerprint density at radius 3 is 2.42 bits per heavy atom. The van der Waals surface area contributed by atoms with Crippen LogP contribution < -0.4 is 10.6 Å². The highest BCUT2D eigenvalue weighted by Gasteiger charge is 2.42. The van der Waals surface area contributed by atoms with Crippen molar-refractivity contribution in [3.8, 4) is 0 Å². The number of hydrogen-bond acceptors (Lipinski definition) is 4. The Hall–Kier alpha value is -2.37. The molecule has 6 nitrogen and oxygen atoms in total. The predicted octanol–water partition coefficient (Wildman–Crippen LogP) is 2.74. The number of hydrogen-bond donors (Lipinski definition) is 2. The number of rotatable bonds is 5. The summed E-state index contributed by atoms with van der Waals surface area (Å²) in [6.45, 7) is 4.03. The molecule has 2 aliphatic carbocycles. The molecule has 2 amide bonds. The zero-order chi connectivity index (χ0) is 18.7. The Morgan fingerprint density at radius 2 is 1.85 bits per heavy atom. The van der Waals surface area contributed by atoms with Gasteiger partial charge in [0, 0.05) is 11.7 Å². The summed E-state index contributed by atoms with van der Waals surface area (Å²) >= 11 is 0. The van der Waals surface area contributed by atoms with E-state index in [0.29, 0.717) is 29.7 Å². The number of anilines is 1. The first-order chi connectivity index (χ1) is 12.5. The van der Waals surface area contributed by atoms with Crippen LogP contribution in [0.3, 0.4) is 0 Å². The lowest BCUT2D eigenvalue weighted by Crippen LogP contribution is -2.45. The van der Waals surface area contributed by atoms with Gasteiger partial charge >= 0.3 is 17.8 Å². The first-order valence-electron chi connectivity index (χ1n) is 9.37. The normalized spacial score (nSPS) is 24.8. The average Bonchev–Trinajstić information content (AvgIpc) is 3.25. The molecule has 26 heavy (non-hydrogen) atoms. The third-order valence-corrected chi connectivity index (χ3v) is 5.65. The third kappa shape index (κ3) is 4.06. The van der Waals surface area contributed by atoms with Gasteiger partial charge < -0.3 is 15.4 Å². The minimum absolute atomic E-state index is 0.00902. The van der Waals surface area contributed by atoms with Crippen LogP contribution >= 0.6 is 0 Å². The van der Waals surface area contributed by atoms with Gasteiger partial charge in [0.1, 0.15) is 0 Å². The van der Waals surface area contributed by atoms with Crippen molar-refractivity contribution in [2.24, 2.45) is 17.8 Å². The molecule has 1 aromatic carbocycles. The third-order valence-electron chi connectivity index (χ3n) is 5.65. The highest BCUT2D eigenvalue weighted by molar-refractivity contribution is 6.39. The van der Waals surface area contributed by atoms with Gasteiger partial charge in [-0.1, -0.05) is 6.42 Å². The summed E-state index contributed by atoms with van der Waals surface area (Å²) in [6, 6.07) is 6.29. The quantitative estimate of drug-likeness (QED) is 0.626.